The molecule has 2 aromatic rings. The summed E-state index contributed by atoms with van der Waals surface area (Å²) in [6.45, 7) is 3.33. The Hall–Kier alpha value is -2.57. The molecule has 0 saturated carbocycles. The minimum absolute atomic E-state index is 0.0498. The van der Waals surface area contributed by atoms with Crippen LogP contribution >= 0.6 is 0 Å². The molecule has 6 heteroatoms. The highest BCUT2D eigenvalue weighted by molar-refractivity contribution is 5.92. The van der Waals surface area contributed by atoms with Gasteiger partial charge in [0.25, 0.3) is 0 Å². The van der Waals surface area contributed by atoms with E-state index in [0.29, 0.717) is 18.3 Å². The van der Waals surface area contributed by atoms with Gasteiger partial charge >= 0.3 is 0 Å². The quantitative estimate of drug-likeness (QED) is 0.551. The summed E-state index contributed by atoms with van der Waals surface area (Å²) in [5.41, 5.74) is 3.54. The first-order valence-electron chi connectivity index (χ1n) is 9.92. The van der Waals surface area contributed by atoms with Crippen LogP contribution in [0.25, 0.3) is 11.1 Å². The topological polar surface area (TPSA) is 86.6 Å². The van der Waals surface area contributed by atoms with E-state index in [2.05, 4.69) is 10.6 Å². The Balaban J connectivity index is 1.67. The summed E-state index contributed by atoms with van der Waals surface area (Å²) in [4.78, 5) is 0. The number of rotatable bonds is 7. The molecule has 28 heavy (non-hydrogen) atoms. The third-order valence-corrected chi connectivity index (χ3v) is 5.32. The third-order valence-electron chi connectivity index (χ3n) is 5.32. The molecule has 2 heterocycles. The zero-order chi connectivity index (χ0) is 19.3. The molecule has 0 bridgehead atoms. The van der Waals surface area contributed by atoms with E-state index in [0.717, 1.165) is 61.3 Å². The molecule has 2 aliphatic rings. The van der Waals surface area contributed by atoms with E-state index < -0.39 is 0 Å². The van der Waals surface area contributed by atoms with Crippen LogP contribution in [0, 0.1) is 11.3 Å². The van der Waals surface area contributed by atoms with Gasteiger partial charge < -0.3 is 30.6 Å². The number of anilines is 1. The minimum atomic E-state index is -0.0498. The lowest BCUT2D eigenvalue weighted by Crippen LogP contribution is -2.45. The van der Waals surface area contributed by atoms with Gasteiger partial charge in [0.2, 0.25) is 0 Å². The van der Waals surface area contributed by atoms with Gasteiger partial charge in [-0.25, -0.2) is 0 Å². The van der Waals surface area contributed by atoms with Gasteiger partial charge in [-0.3, -0.25) is 0 Å². The van der Waals surface area contributed by atoms with Crippen molar-refractivity contribution in [2.45, 2.75) is 25.5 Å². The summed E-state index contributed by atoms with van der Waals surface area (Å²) in [7, 11) is 0. The first-order valence-corrected chi connectivity index (χ1v) is 9.92. The smallest absolute Gasteiger partial charge is 0.130 e. The first kappa shape index (κ1) is 18.8. The monoisotopic (exact) mass is 381 g/mol. The van der Waals surface area contributed by atoms with Gasteiger partial charge in [-0.1, -0.05) is 12.1 Å². The van der Waals surface area contributed by atoms with Crippen LogP contribution in [0.2, 0.25) is 0 Å². The lowest BCUT2D eigenvalue weighted by Gasteiger charge is -2.28. The van der Waals surface area contributed by atoms with Crippen molar-refractivity contribution >= 4 is 11.9 Å². The Bertz CT molecular complexity index is 813. The van der Waals surface area contributed by atoms with Gasteiger partial charge in [0, 0.05) is 37.5 Å². The second-order valence-corrected chi connectivity index (χ2v) is 7.46. The molecule has 0 aromatic heterocycles. The number of hydrogen-bond acceptors (Lipinski definition) is 6. The van der Waals surface area contributed by atoms with Gasteiger partial charge in [0.15, 0.2) is 0 Å². The predicted molar refractivity (Wildman–Crippen MR) is 110 cm³/mol. The second-order valence-electron chi connectivity index (χ2n) is 7.46. The highest BCUT2D eigenvalue weighted by Gasteiger charge is 2.21. The highest BCUT2D eigenvalue weighted by atomic mass is 16.5. The van der Waals surface area contributed by atoms with Crippen molar-refractivity contribution in [1.29, 1.82) is 5.41 Å². The molecule has 1 atom stereocenters. The molecule has 6 nitrogen and oxygen atoms in total. The summed E-state index contributed by atoms with van der Waals surface area (Å²) in [5.74, 6) is 1.45. The van der Waals surface area contributed by atoms with Crippen LogP contribution in [-0.2, 0) is 4.74 Å². The van der Waals surface area contributed by atoms with Crippen molar-refractivity contribution in [3.05, 3.63) is 42.0 Å². The first-order chi connectivity index (χ1) is 13.7. The van der Waals surface area contributed by atoms with Crippen LogP contribution in [0.1, 0.15) is 24.8 Å². The fraction of sp³-hybridized carbons (Fsp3) is 0.409. The van der Waals surface area contributed by atoms with E-state index in [1.807, 2.05) is 24.3 Å². The summed E-state index contributed by atoms with van der Waals surface area (Å²) in [6, 6.07) is 11.1. The maximum Gasteiger partial charge on any atom is 0.130 e. The molecule has 2 aromatic carbocycles. The SMILES string of the molecule is N=Cc1c(NC2CCCCO2)cc(-c2ccc(O)cc2)cc1OCC1CNC1. The molecule has 0 spiro atoms. The maximum atomic E-state index is 9.60. The van der Waals surface area contributed by atoms with Crippen molar-refractivity contribution in [2.75, 3.05) is 31.6 Å². The molecule has 4 N–H and O–H groups in total. The average molecular weight is 381 g/mol. The fourth-order valence-electron chi connectivity index (χ4n) is 3.54. The molecular formula is C22H27N3O3. The molecule has 0 amide bonds. The van der Waals surface area contributed by atoms with Crippen molar-refractivity contribution in [3.63, 3.8) is 0 Å². The van der Waals surface area contributed by atoms with E-state index in [1.165, 1.54) is 6.21 Å². The Labute approximate surface area is 165 Å². The standard InChI is InChI=1S/C22H27N3O3/c23-11-19-20(25-22-3-1-2-8-27-22)9-17(16-4-6-18(26)7-5-16)10-21(19)28-14-15-12-24-13-15/h4-7,9-11,15,22-26H,1-3,8,12-14H2. The number of phenolic OH excluding ortho intramolecular Hbond substituents is 1. The summed E-state index contributed by atoms with van der Waals surface area (Å²) < 4.78 is 12.0. The normalized spacial score (nSPS) is 19.6. The largest absolute Gasteiger partial charge is 0.508 e. The molecular weight excluding hydrogens is 354 g/mol. The van der Waals surface area contributed by atoms with E-state index in [1.54, 1.807) is 12.1 Å². The van der Waals surface area contributed by atoms with Gasteiger partial charge in [-0.05, 0) is 54.7 Å². The van der Waals surface area contributed by atoms with E-state index in [9.17, 15) is 5.11 Å². The Morgan fingerprint density at radius 1 is 1.18 bits per heavy atom. The number of phenols is 1. The van der Waals surface area contributed by atoms with Crippen LogP contribution in [-0.4, -0.2) is 43.9 Å². The van der Waals surface area contributed by atoms with E-state index in [4.69, 9.17) is 14.9 Å². The van der Waals surface area contributed by atoms with Crippen molar-refractivity contribution in [2.24, 2.45) is 5.92 Å². The summed E-state index contributed by atoms with van der Waals surface area (Å²) >= 11 is 0. The molecule has 148 valence electrons. The number of hydrogen-bond donors (Lipinski definition) is 4. The lowest BCUT2D eigenvalue weighted by molar-refractivity contribution is 0.0343. The second kappa shape index (κ2) is 8.63. The van der Waals surface area contributed by atoms with Gasteiger partial charge in [0.05, 0.1) is 12.2 Å². The average Bonchev–Trinajstić information content (AvgIpc) is 2.68. The minimum Gasteiger partial charge on any atom is -0.508 e. The van der Waals surface area contributed by atoms with Gasteiger partial charge in [0.1, 0.15) is 17.7 Å². The molecule has 2 aliphatic heterocycles. The summed E-state index contributed by atoms with van der Waals surface area (Å²) in [6.07, 6.45) is 4.47. The Kier molecular flexibility index (Phi) is 5.78. The van der Waals surface area contributed by atoms with Crippen molar-refractivity contribution in [3.8, 4) is 22.6 Å². The molecule has 0 radical (unpaired) electrons. The number of aromatic hydroxyl groups is 1. The van der Waals surface area contributed by atoms with E-state index in [-0.39, 0.29) is 12.0 Å². The number of ether oxygens (including phenoxy) is 2. The predicted octanol–water partition coefficient (Wildman–Crippen LogP) is 3.59. The lowest BCUT2D eigenvalue weighted by atomic mass is 10.0. The zero-order valence-corrected chi connectivity index (χ0v) is 15.9. The fourth-order valence-corrected chi connectivity index (χ4v) is 3.54. The molecule has 1 unspecified atom stereocenters. The van der Waals surface area contributed by atoms with Crippen LogP contribution in [0.15, 0.2) is 36.4 Å². The molecule has 4 rings (SSSR count). The zero-order valence-electron chi connectivity index (χ0n) is 15.9. The molecule has 0 aliphatic carbocycles. The van der Waals surface area contributed by atoms with Crippen LogP contribution < -0.4 is 15.4 Å². The van der Waals surface area contributed by atoms with Crippen LogP contribution in [0.5, 0.6) is 11.5 Å². The van der Waals surface area contributed by atoms with Crippen LogP contribution in [0.4, 0.5) is 5.69 Å². The number of benzene rings is 2. The van der Waals surface area contributed by atoms with Gasteiger partial charge in [-0.2, -0.15) is 0 Å². The summed E-state index contributed by atoms with van der Waals surface area (Å²) in [5, 5.41) is 24.3. The van der Waals surface area contributed by atoms with E-state index >= 15 is 0 Å². The Morgan fingerprint density at radius 2 is 2.00 bits per heavy atom. The molecule has 2 saturated heterocycles. The van der Waals surface area contributed by atoms with Gasteiger partial charge in [-0.15, -0.1) is 0 Å². The number of nitrogens with one attached hydrogen (secondary N) is 3. The Morgan fingerprint density at radius 3 is 2.64 bits per heavy atom. The highest BCUT2D eigenvalue weighted by Crippen LogP contribution is 2.35. The molecule has 2 fully saturated rings. The van der Waals surface area contributed by atoms with Crippen molar-refractivity contribution < 1.29 is 14.6 Å². The third kappa shape index (κ3) is 4.29. The van der Waals surface area contributed by atoms with Crippen LogP contribution in [0.3, 0.4) is 0 Å². The van der Waals surface area contributed by atoms with Crippen molar-refractivity contribution in [1.82, 2.24) is 5.32 Å². The maximum absolute atomic E-state index is 9.60.